The molecule has 8 heteroatoms. The summed E-state index contributed by atoms with van der Waals surface area (Å²) in [4.78, 5) is 34.9. The molecule has 3 rings (SSSR count). The van der Waals surface area contributed by atoms with Crippen molar-refractivity contribution >= 4 is 52.0 Å². The Kier molecular flexibility index (Phi) is 6.42. The molecule has 1 heterocycles. The van der Waals surface area contributed by atoms with Crippen LogP contribution in [-0.2, 0) is 17.6 Å². The largest absolute Gasteiger partial charge is 0.352 e. The molecule has 0 saturated carbocycles. The van der Waals surface area contributed by atoms with E-state index in [1.807, 2.05) is 24.3 Å². The number of thioether (sulfide) groups is 1. The van der Waals surface area contributed by atoms with Gasteiger partial charge in [-0.2, -0.15) is 0 Å². The topological polar surface area (TPSA) is 75.3 Å². The Balaban J connectivity index is 1.48. The van der Waals surface area contributed by atoms with Gasteiger partial charge in [0.05, 0.1) is 15.3 Å². The lowest BCUT2D eigenvalue weighted by molar-refractivity contribution is -0.118. The van der Waals surface area contributed by atoms with Crippen LogP contribution in [0.5, 0.6) is 0 Å². The quantitative estimate of drug-likeness (QED) is 0.740. The molecular formula is C19H16Cl2N2O3S. The molecular weight excluding hydrogens is 407 g/mol. The number of nitrogens with one attached hydrogen (secondary N) is 2. The van der Waals surface area contributed by atoms with Crippen LogP contribution in [0.15, 0.2) is 42.5 Å². The molecule has 0 spiro atoms. The predicted molar refractivity (Wildman–Crippen MR) is 108 cm³/mol. The van der Waals surface area contributed by atoms with E-state index < -0.39 is 0 Å². The smallest absolute Gasteiger partial charge is 0.286 e. The SMILES string of the molecule is O=C1NC(=O)[C@H](Cc2ccc(CCNC(=O)c3ccc(Cl)c(Cl)c3)cc2)S1. The second-order valence-corrected chi connectivity index (χ2v) is 8.03. The van der Waals surface area contributed by atoms with E-state index in [1.165, 1.54) is 6.07 Å². The summed E-state index contributed by atoms with van der Waals surface area (Å²) < 4.78 is 0. The highest BCUT2D eigenvalue weighted by molar-refractivity contribution is 8.15. The standard InChI is InChI=1S/C19H16Cl2N2O3S/c20-14-6-5-13(10-15(14)21)17(24)22-8-7-11-1-3-12(4-2-11)9-16-18(25)23-19(26)27-16/h1-6,10,16H,7-9H2,(H,22,24)(H,23,25,26)/t16-/m0/s1. The number of hydrogen-bond acceptors (Lipinski definition) is 4. The van der Waals surface area contributed by atoms with Gasteiger partial charge in [0.25, 0.3) is 11.1 Å². The monoisotopic (exact) mass is 422 g/mol. The Bertz CT molecular complexity index is 887. The first-order chi connectivity index (χ1) is 12.9. The molecule has 27 heavy (non-hydrogen) atoms. The van der Waals surface area contributed by atoms with Gasteiger partial charge in [-0.25, -0.2) is 0 Å². The predicted octanol–water partition coefficient (Wildman–Crippen LogP) is 3.86. The fraction of sp³-hybridized carbons (Fsp3) is 0.211. The van der Waals surface area contributed by atoms with E-state index in [0.717, 1.165) is 22.9 Å². The molecule has 1 atom stereocenters. The first-order valence-electron chi connectivity index (χ1n) is 8.25. The minimum absolute atomic E-state index is 0.209. The highest BCUT2D eigenvalue weighted by Crippen LogP contribution is 2.23. The zero-order chi connectivity index (χ0) is 19.4. The summed E-state index contributed by atoms with van der Waals surface area (Å²) in [5.74, 6) is -0.446. The van der Waals surface area contributed by atoms with E-state index in [4.69, 9.17) is 23.2 Å². The van der Waals surface area contributed by atoms with Crippen molar-refractivity contribution in [3.05, 3.63) is 69.2 Å². The Morgan fingerprint density at radius 3 is 2.37 bits per heavy atom. The molecule has 1 aliphatic heterocycles. The minimum Gasteiger partial charge on any atom is -0.352 e. The maximum Gasteiger partial charge on any atom is 0.286 e. The van der Waals surface area contributed by atoms with E-state index >= 15 is 0 Å². The fourth-order valence-corrected chi connectivity index (χ4v) is 3.80. The van der Waals surface area contributed by atoms with Crippen molar-refractivity contribution in [3.8, 4) is 0 Å². The molecule has 140 valence electrons. The summed E-state index contributed by atoms with van der Waals surface area (Å²) in [5, 5.41) is 5.22. The maximum absolute atomic E-state index is 12.1. The Morgan fingerprint density at radius 2 is 1.74 bits per heavy atom. The fourth-order valence-electron chi connectivity index (χ4n) is 2.64. The third kappa shape index (κ3) is 5.25. The molecule has 1 fully saturated rings. The highest BCUT2D eigenvalue weighted by Gasteiger charge is 2.31. The van der Waals surface area contributed by atoms with Gasteiger partial charge < -0.3 is 5.32 Å². The van der Waals surface area contributed by atoms with Crippen molar-refractivity contribution in [3.63, 3.8) is 0 Å². The van der Waals surface area contributed by atoms with E-state index in [-0.39, 0.29) is 22.3 Å². The van der Waals surface area contributed by atoms with Crippen LogP contribution in [-0.4, -0.2) is 28.8 Å². The second-order valence-electron chi connectivity index (χ2n) is 6.04. The first-order valence-corrected chi connectivity index (χ1v) is 9.88. The third-order valence-electron chi connectivity index (χ3n) is 4.09. The van der Waals surface area contributed by atoms with E-state index in [9.17, 15) is 14.4 Å². The molecule has 0 bridgehead atoms. The number of hydrogen-bond donors (Lipinski definition) is 2. The Hall–Kier alpha value is -2.02. The van der Waals surface area contributed by atoms with Crippen LogP contribution >= 0.6 is 35.0 Å². The summed E-state index contributed by atoms with van der Waals surface area (Å²) in [5.41, 5.74) is 2.51. The van der Waals surface area contributed by atoms with Gasteiger partial charge in [-0.05, 0) is 42.2 Å². The van der Waals surface area contributed by atoms with Crippen LogP contribution in [0.1, 0.15) is 21.5 Å². The minimum atomic E-state index is -0.367. The van der Waals surface area contributed by atoms with Crippen molar-refractivity contribution in [1.29, 1.82) is 0 Å². The lowest BCUT2D eigenvalue weighted by Crippen LogP contribution is -2.26. The van der Waals surface area contributed by atoms with Crippen LogP contribution < -0.4 is 10.6 Å². The molecule has 0 aliphatic carbocycles. The van der Waals surface area contributed by atoms with Crippen LogP contribution in [0.25, 0.3) is 0 Å². The van der Waals surface area contributed by atoms with Crippen LogP contribution in [0.4, 0.5) is 4.79 Å². The van der Waals surface area contributed by atoms with E-state index in [1.54, 1.807) is 12.1 Å². The number of imide groups is 1. The first kappa shape index (κ1) is 19.7. The Morgan fingerprint density at radius 1 is 1.04 bits per heavy atom. The Labute approximate surface area is 170 Å². The average Bonchev–Trinajstić information content (AvgIpc) is 2.95. The molecule has 3 amide bonds. The number of benzene rings is 2. The number of amides is 3. The lowest BCUT2D eigenvalue weighted by Gasteiger charge is -2.08. The van der Waals surface area contributed by atoms with Crippen molar-refractivity contribution in [2.24, 2.45) is 0 Å². The van der Waals surface area contributed by atoms with Crippen LogP contribution in [0, 0.1) is 0 Å². The van der Waals surface area contributed by atoms with Crippen molar-refractivity contribution < 1.29 is 14.4 Å². The molecule has 0 aromatic heterocycles. The zero-order valence-corrected chi connectivity index (χ0v) is 16.5. The average molecular weight is 423 g/mol. The van der Waals surface area contributed by atoms with Crippen molar-refractivity contribution in [2.75, 3.05) is 6.54 Å². The van der Waals surface area contributed by atoms with E-state index in [2.05, 4.69) is 10.6 Å². The van der Waals surface area contributed by atoms with E-state index in [0.29, 0.717) is 35.0 Å². The number of rotatable bonds is 6. The molecule has 1 saturated heterocycles. The van der Waals surface area contributed by atoms with Gasteiger partial charge in [-0.15, -0.1) is 0 Å². The number of carbonyl (C=O) groups excluding carboxylic acids is 3. The van der Waals surface area contributed by atoms with Gasteiger partial charge in [0.15, 0.2) is 0 Å². The van der Waals surface area contributed by atoms with Gasteiger partial charge in [0, 0.05) is 12.1 Å². The molecule has 0 radical (unpaired) electrons. The number of carbonyl (C=O) groups is 3. The maximum atomic E-state index is 12.1. The number of halogens is 2. The zero-order valence-electron chi connectivity index (χ0n) is 14.1. The summed E-state index contributed by atoms with van der Waals surface area (Å²) in [6, 6.07) is 12.5. The summed E-state index contributed by atoms with van der Waals surface area (Å²) in [6.45, 7) is 0.480. The molecule has 1 aliphatic rings. The summed E-state index contributed by atoms with van der Waals surface area (Å²) in [7, 11) is 0. The third-order valence-corrected chi connectivity index (χ3v) is 5.81. The lowest BCUT2D eigenvalue weighted by atomic mass is 10.1. The molecule has 2 aromatic rings. The summed E-state index contributed by atoms with van der Waals surface area (Å²) >= 11 is 12.8. The molecule has 2 aromatic carbocycles. The normalized spacial score (nSPS) is 16.3. The van der Waals surface area contributed by atoms with Crippen molar-refractivity contribution in [2.45, 2.75) is 18.1 Å². The highest BCUT2D eigenvalue weighted by atomic mass is 35.5. The van der Waals surface area contributed by atoms with Gasteiger partial charge in [0.1, 0.15) is 0 Å². The van der Waals surface area contributed by atoms with Crippen LogP contribution in [0.2, 0.25) is 10.0 Å². The van der Waals surface area contributed by atoms with Gasteiger partial charge >= 0.3 is 0 Å². The van der Waals surface area contributed by atoms with Crippen molar-refractivity contribution in [1.82, 2.24) is 10.6 Å². The second kappa shape index (κ2) is 8.78. The van der Waals surface area contributed by atoms with Gasteiger partial charge in [-0.1, -0.05) is 59.2 Å². The van der Waals surface area contributed by atoms with Gasteiger partial charge in [-0.3, -0.25) is 19.7 Å². The molecule has 2 N–H and O–H groups in total. The van der Waals surface area contributed by atoms with Gasteiger partial charge in [0.2, 0.25) is 5.91 Å². The summed E-state index contributed by atoms with van der Waals surface area (Å²) in [6.07, 6.45) is 1.18. The van der Waals surface area contributed by atoms with Crippen LogP contribution in [0.3, 0.4) is 0 Å². The molecule has 5 nitrogen and oxygen atoms in total. The molecule has 0 unspecified atom stereocenters.